The van der Waals surface area contributed by atoms with E-state index in [-0.39, 0.29) is 11.7 Å². The van der Waals surface area contributed by atoms with Crippen LogP contribution in [0.3, 0.4) is 0 Å². The molecule has 1 aliphatic heterocycles. The van der Waals surface area contributed by atoms with Gasteiger partial charge in [-0.15, -0.1) is 0 Å². The molecule has 0 unspecified atom stereocenters. The van der Waals surface area contributed by atoms with Crippen molar-refractivity contribution < 1.29 is 9.18 Å². The lowest BCUT2D eigenvalue weighted by Crippen LogP contribution is -2.30. The number of hydrogen-bond acceptors (Lipinski definition) is 6. The number of rotatable bonds is 6. The van der Waals surface area contributed by atoms with Gasteiger partial charge in [-0.1, -0.05) is 12.1 Å². The number of fused-ring (bicyclic) bond motifs is 2. The van der Waals surface area contributed by atoms with Gasteiger partial charge in [-0.3, -0.25) is 19.9 Å². The number of anilines is 1. The van der Waals surface area contributed by atoms with Gasteiger partial charge in [0.15, 0.2) is 0 Å². The van der Waals surface area contributed by atoms with Crippen LogP contribution in [-0.2, 0) is 4.79 Å². The fourth-order valence-electron chi connectivity index (χ4n) is 5.55. The number of hydrogen-bond donors (Lipinski definition) is 4. The molecule has 10 heteroatoms. The first kappa shape index (κ1) is 25.0. The van der Waals surface area contributed by atoms with Crippen molar-refractivity contribution in [1.29, 1.82) is 0 Å². The Hall–Kier alpha value is -4.96. The molecular weight excluding hydrogens is 519 g/mol. The van der Waals surface area contributed by atoms with Crippen LogP contribution in [0.2, 0.25) is 0 Å². The van der Waals surface area contributed by atoms with Gasteiger partial charge in [0.25, 0.3) is 0 Å². The zero-order valence-corrected chi connectivity index (χ0v) is 22.1. The molecule has 1 aromatic carbocycles. The number of nitrogens with zero attached hydrogens (tertiary/aromatic N) is 4. The Kier molecular flexibility index (Phi) is 6.44. The number of carbonyl (C=O) groups is 1. The number of H-pyrrole nitrogens is 2. The van der Waals surface area contributed by atoms with E-state index in [9.17, 15) is 9.18 Å². The van der Waals surface area contributed by atoms with Gasteiger partial charge >= 0.3 is 0 Å². The van der Waals surface area contributed by atoms with Crippen LogP contribution in [0.25, 0.3) is 55.7 Å². The third-order valence-corrected chi connectivity index (χ3v) is 7.62. The molecular formula is C31H27FN8O. The summed E-state index contributed by atoms with van der Waals surface area (Å²) < 4.78 is 13.9. The van der Waals surface area contributed by atoms with Crippen molar-refractivity contribution in [2.75, 3.05) is 18.4 Å². The van der Waals surface area contributed by atoms with Crippen molar-refractivity contribution in [3.8, 4) is 33.8 Å². The zero-order valence-electron chi connectivity index (χ0n) is 22.1. The summed E-state index contributed by atoms with van der Waals surface area (Å²) in [4.78, 5) is 29.5. The maximum atomic E-state index is 13.9. The topological polar surface area (TPSA) is 124 Å². The van der Waals surface area contributed by atoms with E-state index in [4.69, 9.17) is 0 Å². The average molecular weight is 547 g/mol. The molecule has 1 saturated heterocycles. The van der Waals surface area contributed by atoms with Gasteiger partial charge in [-0.25, -0.2) is 9.37 Å². The van der Waals surface area contributed by atoms with Gasteiger partial charge in [0.05, 0.1) is 35.0 Å². The number of carbonyl (C=O) groups excluding carboxylic acids is 1. The molecule has 5 aromatic heterocycles. The fourth-order valence-corrected chi connectivity index (χ4v) is 5.55. The predicted molar refractivity (Wildman–Crippen MR) is 156 cm³/mol. The summed E-state index contributed by atoms with van der Waals surface area (Å²) in [6, 6.07) is 14.2. The highest BCUT2D eigenvalue weighted by Gasteiger charge is 2.18. The molecule has 9 nitrogen and oxygen atoms in total. The third-order valence-electron chi connectivity index (χ3n) is 7.62. The Morgan fingerprint density at radius 2 is 1.88 bits per heavy atom. The number of aromatic nitrogens is 6. The zero-order chi connectivity index (χ0) is 27.8. The molecule has 204 valence electrons. The fraction of sp³-hybridized carbons (Fsp3) is 0.194. The van der Waals surface area contributed by atoms with Gasteiger partial charge in [0.2, 0.25) is 5.91 Å². The van der Waals surface area contributed by atoms with Gasteiger partial charge in [-0.05, 0) is 79.4 Å². The normalized spacial score (nSPS) is 14.1. The minimum atomic E-state index is -0.290. The summed E-state index contributed by atoms with van der Waals surface area (Å²) in [5, 5.41) is 15.7. The largest absolute Gasteiger partial charge is 0.338 e. The van der Waals surface area contributed by atoms with E-state index in [1.165, 1.54) is 12.1 Å². The number of amides is 1. The Bertz CT molecular complexity index is 1890. The Balaban J connectivity index is 1.19. The van der Waals surface area contributed by atoms with Crippen molar-refractivity contribution in [2.45, 2.75) is 19.3 Å². The first-order valence-electron chi connectivity index (χ1n) is 13.6. The Morgan fingerprint density at radius 1 is 0.976 bits per heavy atom. The molecule has 0 bridgehead atoms. The minimum absolute atomic E-state index is 0.00131. The molecule has 0 radical (unpaired) electrons. The van der Waals surface area contributed by atoms with Gasteiger partial charge < -0.3 is 15.6 Å². The van der Waals surface area contributed by atoms with Gasteiger partial charge in [0, 0.05) is 35.2 Å². The smallest absolute Gasteiger partial charge is 0.224 e. The van der Waals surface area contributed by atoms with E-state index in [1.807, 2.05) is 30.3 Å². The van der Waals surface area contributed by atoms with E-state index in [0.717, 1.165) is 64.6 Å². The number of nitrogens with one attached hydrogen (secondary N) is 4. The lowest BCUT2D eigenvalue weighted by atomic mass is 9.94. The lowest BCUT2D eigenvalue weighted by molar-refractivity contribution is -0.117. The summed E-state index contributed by atoms with van der Waals surface area (Å²) in [6.07, 6.45) is 9.37. The molecule has 0 atom stereocenters. The van der Waals surface area contributed by atoms with Crippen molar-refractivity contribution in [2.24, 2.45) is 5.92 Å². The van der Waals surface area contributed by atoms with E-state index >= 15 is 0 Å². The molecule has 6 aromatic rings. The Morgan fingerprint density at radius 3 is 2.76 bits per heavy atom. The third kappa shape index (κ3) is 5.05. The van der Waals surface area contributed by atoms with Crippen LogP contribution >= 0.6 is 0 Å². The van der Waals surface area contributed by atoms with Crippen LogP contribution in [-0.4, -0.2) is 49.1 Å². The van der Waals surface area contributed by atoms with Crippen LogP contribution in [0, 0.1) is 11.7 Å². The highest BCUT2D eigenvalue weighted by atomic mass is 19.1. The van der Waals surface area contributed by atoms with Crippen LogP contribution in [0.4, 0.5) is 10.1 Å². The number of pyridine rings is 3. The highest BCUT2D eigenvalue weighted by Crippen LogP contribution is 2.34. The monoisotopic (exact) mass is 546 g/mol. The van der Waals surface area contributed by atoms with Crippen molar-refractivity contribution in [3.63, 3.8) is 0 Å². The maximum Gasteiger partial charge on any atom is 0.224 e. The first-order valence-corrected chi connectivity index (χ1v) is 13.6. The lowest BCUT2D eigenvalue weighted by Gasteiger charge is -2.21. The molecule has 1 aliphatic rings. The SMILES string of the molecule is O=C(CC1CCNCC1)Nc1cncc(-c2cc3c(-c4cc5c(-c6cccc(F)c6)ccnc5[nH]4)n[nH]c3cn2)c1. The average Bonchev–Trinajstić information content (AvgIpc) is 3.61. The summed E-state index contributed by atoms with van der Waals surface area (Å²) >= 11 is 0. The predicted octanol–water partition coefficient (Wildman–Crippen LogP) is 5.70. The van der Waals surface area contributed by atoms with Crippen molar-refractivity contribution in [3.05, 3.63) is 79.1 Å². The van der Waals surface area contributed by atoms with Gasteiger partial charge in [-0.2, -0.15) is 5.10 Å². The second kappa shape index (κ2) is 10.5. The van der Waals surface area contributed by atoms with E-state index in [1.54, 1.807) is 30.9 Å². The molecule has 1 fully saturated rings. The first-order chi connectivity index (χ1) is 20.1. The molecule has 4 N–H and O–H groups in total. The minimum Gasteiger partial charge on any atom is -0.338 e. The number of benzene rings is 1. The van der Waals surface area contributed by atoms with Crippen LogP contribution in [0.1, 0.15) is 19.3 Å². The molecule has 0 aliphatic carbocycles. The second-order valence-electron chi connectivity index (χ2n) is 10.4. The molecule has 41 heavy (non-hydrogen) atoms. The van der Waals surface area contributed by atoms with Crippen LogP contribution in [0.15, 0.2) is 73.3 Å². The van der Waals surface area contributed by atoms with Crippen LogP contribution in [0.5, 0.6) is 0 Å². The summed E-state index contributed by atoms with van der Waals surface area (Å²) in [5.41, 5.74) is 6.73. The molecule has 0 saturated carbocycles. The standard InChI is InChI=1S/C31H27FN8O/c32-21-3-1-2-19(11-21)23-6-9-35-31-24(23)13-27(38-31)30-25-14-26(36-17-28(25)39-40-30)20-12-22(16-34-15-20)37-29(41)10-18-4-7-33-8-5-18/h1-3,6,9,11-18,33H,4-5,7-8,10H2,(H,35,38)(H,37,41)(H,39,40). The summed E-state index contributed by atoms with van der Waals surface area (Å²) in [6.45, 7) is 1.92. The maximum absolute atomic E-state index is 13.9. The van der Waals surface area contributed by atoms with Gasteiger partial charge in [0.1, 0.15) is 17.2 Å². The van der Waals surface area contributed by atoms with E-state index < -0.39 is 0 Å². The van der Waals surface area contributed by atoms with E-state index in [0.29, 0.717) is 35.1 Å². The second-order valence-corrected chi connectivity index (χ2v) is 10.4. The molecule has 1 amide bonds. The Labute approximate surface area is 234 Å². The quantitative estimate of drug-likeness (QED) is 0.213. The number of piperidine rings is 1. The number of halogens is 1. The molecule has 0 spiro atoms. The molecule has 6 heterocycles. The van der Waals surface area contributed by atoms with E-state index in [2.05, 4.69) is 40.8 Å². The van der Waals surface area contributed by atoms with Crippen molar-refractivity contribution >= 4 is 33.5 Å². The highest BCUT2D eigenvalue weighted by molar-refractivity contribution is 6.00. The van der Waals surface area contributed by atoms with Crippen LogP contribution < -0.4 is 10.6 Å². The number of aromatic amines is 2. The molecule has 7 rings (SSSR count). The van der Waals surface area contributed by atoms with Crippen molar-refractivity contribution in [1.82, 2.24) is 35.5 Å². The summed E-state index contributed by atoms with van der Waals surface area (Å²) in [7, 11) is 0. The summed E-state index contributed by atoms with van der Waals surface area (Å²) in [5.74, 6) is 0.114.